The zero-order valence-corrected chi connectivity index (χ0v) is 9.75. The van der Waals surface area contributed by atoms with Crippen LogP contribution in [0.4, 0.5) is 4.39 Å². The average Bonchev–Trinajstić information content (AvgIpc) is 2.90. The highest BCUT2D eigenvalue weighted by Gasteiger charge is 2.03. The minimum atomic E-state index is -0.294. The lowest BCUT2D eigenvalue weighted by atomic mass is 10.3. The summed E-state index contributed by atoms with van der Waals surface area (Å²) in [5, 5.41) is 0. The van der Waals surface area contributed by atoms with Crippen molar-refractivity contribution in [1.29, 1.82) is 0 Å². The standard InChI is InChI=1S/C13H13FN2O2/c14-11-3-5-12(6-4-11)18-9-1-2-13(17)16-8-7-15-10-16/h3-8,10H,1-2,9H2. The summed E-state index contributed by atoms with van der Waals surface area (Å²) in [6.07, 6.45) is 5.64. The lowest BCUT2D eigenvalue weighted by Gasteiger charge is -2.05. The summed E-state index contributed by atoms with van der Waals surface area (Å²) in [4.78, 5) is 15.4. The summed E-state index contributed by atoms with van der Waals surface area (Å²) in [5.41, 5.74) is 0. The molecule has 0 atom stereocenters. The molecule has 5 heteroatoms. The van der Waals surface area contributed by atoms with Gasteiger partial charge < -0.3 is 4.74 Å². The van der Waals surface area contributed by atoms with E-state index in [9.17, 15) is 9.18 Å². The van der Waals surface area contributed by atoms with Crippen molar-refractivity contribution in [3.8, 4) is 5.75 Å². The summed E-state index contributed by atoms with van der Waals surface area (Å²) < 4.78 is 19.5. The van der Waals surface area contributed by atoms with E-state index >= 15 is 0 Å². The molecule has 1 heterocycles. The van der Waals surface area contributed by atoms with E-state index in [0.29, 0.717) is 25.2 Å². The summed E-state index contributed by atoms with van der Waals surface area (Å²) in [6.45, 7) is 0.423. The Morgan fingerprint density at radius 1 is 1.33 bits per heavy atom. The topological polar surface area (TPSA) is 44.1 Å². The van der Waals surface area contributed by atoms with Gasteiger partial charge in [-0.1, -0.05) is 0 Å². The Morgan fingerprint density at radius 2 is 2.11 bits per heavy atom. The van der Waals surface area contributed by atoms with Crippen molar-refractivity contribution in [3.63, 3.8) is 0 Å². The number of halogens is 1. The van der Waals surface area contributed by atoms with Gasteiger partial charge in [0.2, 0.25) is 5.91 Å². The first kappa shape index (κ1) is 12.3. The maximum atomic E-state index is 12.6. The number of benzene rings is 1. The minimum absolute atomic E-state index is 0.0183. The van der Waals surface area contributed by atoms with Crippen molar-refractivity contribution in [3.05, 3.63) is 48.8 Å². The van der Waals surface area contributed by atoms with E-state index in [1.54, 1.807) is 24.5 Å². The predicted molar refractivity (Wildman–Crippen MR) is 64.0 cm³/mol. The molecule has 0 N–H and O–H groups in total. The minimum Gasteiger partial charge on any atom is -0.494 e. The molecule has 1 aromatic carbocycles. The zero-order chi connectivity index (χ0) is 12.8. The molecule has 0 fully saturated rings. The van der Waals surface area contributed by atoms with Crippen LogP contribution in [0.1, 0.15) is 17.6 Å². The number of hydrogen-bond acceptors (Lipinski definition) is 3. The quantitative estimate of drug-likeness (QED) is 0.764. The molecule has 0 amide bonds. The molecule has 4 nitrogen and oxygen atoms in total. The van der Waals surface area contributed by atoms with E-state index in [-0.39, 0.29) is 11.7 Å². The van der Waals surface area contributed by atoms with Crippen molar-refractivity contribution in [1.82, 2.24) is 9.55 Å². The van der Waals surface area contributed by atoms with E-state index in [4.69, 9.17) is 4.74 Å². The number of nitrogens with zero attached hydrogens (tertiary/aromatic N) is 2. The maximum absolute atomic E-state index is 12.6. The van der Waals surface area contributed by atoms with Gasteiger partial charge in [-0.25, -0.2) is 9.37 Å². The summed E-state index contributed by atoms with van der Waals surface area (Å²) in [6, 6.07) is 5.80. The molecule has 0 unspecified atom stereocenters. The van der Waals surface area contributed by atoms with Crippen LogP contribution < -0.4 is 4.74 Å². The van der Waals surface area contributed by atoms with E-state index in [0.717, 1.165) is 0 Å². The van der Waals surface area contributed by atoms with Crippen LogP contribution in [0.15, 0.2) is 43.0 Å². The molecule has 0 radical (unpaired) electrons. The van der Waals surface area contributed by atoms with Crippen molar-refractivity contribution in [2.45, 2.75) is 12.8 Å². The van der Waals surface area contributed by atoms with Gasteiger partial charge in [-0.2, -0.15) is 0 Å². The Hall–Kier alpha value is -2.17. The molecule has 0 saturated heterocycles. The van der Waals surface area contributed by atoms with Crippen LogP contribution in [0.25, 0.3) is 0 Å². The number of aromatic nitrogens is 2. The smallest absolute Gasteiger partial charge is 0.231 e. The first-order valence-electron chi connectivity index (χ1n) is 5.65. The number of hydrogen-bond donors (Lipinski definition) is 0. The molecule has 2 rings (SSSR count). The monoisotopic (exact) mass is 248 g/mol. The lowest BCUT2D eigenvalue weighted by molar-refractivity contribution is 0.0893. The van der Waals surface area contributed by atoms with Gasteiger partial charge >= 0.3 is 0 Å². The average molecular weight is 248 g/mol. The van der Waals surface area contributed by atoms with Crippen molar-refractivity contribution < 1.29 is 13.9 Å². The fourth-order valence-corrected chi connectivity index (χ4v) is 1.48. The number of carbonyl (C=O) groups is 1. The van der Waals surface area contributed by atoms with Gasteiger partial charge in [-0.15, -0.1) is 0 Å². The SMILES string of the molecule is O=C(CCCOc1ccc(F)cc1)n1ccnc1. The largest absolute Gasteiger partial charge is 0.494 e. The first-order valence-corrected chi connectivity index (χ1v) is 5.65. The first-order chi connectivity index (χ1) is 8.75. The summed E-state index contributed by atoms with van der Waals surface area (Å²) >= 11 is 0. The molecular weight excluding hydrogens is 235 g/mol. The summed E-state index contributed by atoms with van der Waals surface area (Å²) in [5.74, 6) is 0.291. The van der Waals surface area contributed by atoms with Gasteiger partial charge in [-0.3, -0.25) is 9.36 Å². The van der Waals surface area contributed by atoms with Crippen LogP contribution in [0.2, 0.25) is 0 Å². The third-order valence-electron chi connectivity index (χ3n) is 2.41. The van der Waals surface area contributed by atoms with Gasteiger partial charge in [0, 0.05) is 18.8 Å². The van der Waals surface area contributed by atoms with Crippen molar-refractivity contribution >= 4 is 5.91 Å². The lowest BCUT2D eigenvalue weighted by Crippen LogP contribution is -2.10. The second-order valence-electron chi connectivity index (χ2n) is 3.77. The Labute approximate surface area is 104 Å². The Kier molecular flexibility index (Phi) is 4.06. The Bertz CT molecular complexity index is 494. The molecule has 18 heavy (non-hydrogen) atoms. The molecule has 0 saturated carbocycles. The maximum Gasteiger partial charge on any atom is 0.231 e. The second kappa shape index (κ2) is 5.95. The third-order valence-corrected chi connectivity index (χ3v) is 2.41. The molecule has 0 aliphatic rings. The predicted octanol–water partition coefficient (Wildman–Crippen LogP) is 2.52. The van der Waals surface area contributed by atoms with Gasteiger partial charge in [0.1, 0.15) is 17.9 Å². The second-order valence-corrected chi connectivity index (χ2v) is 3.77. The van der Waals surface area contributed by atoms with Gasteiger partial charge in [-0.05, 0) is 30.7 Å². The molecule has 0 aliphatic carbocycles. The van der Waals surface area contributed by atoms with Gasteiger partial charge in [0.25, 0.3) is 0 Å². The highest BCUT2D eigenvalue weighted by atomic mass is 19.1. The molecule has 0 spiro atoms. The van der Waals surface area contributed by atoms with E-state index in [1.807, 2.05) is 0 Å². The van der Waals surface area contributed by atoms with Crippen LogP contribution in [0.5, 0.6) is 5.75 Å². The highest BCUT2D eigenvalue weighted by molar-refractivity contribution is 5.78. The Morgan fingerprint density at radius 3 is 2.78 bits per heavy atom. The molecule has 2 aromatic rings. The molecular formula is C13H13FN2O2. The molecule has 1 aromatic heterocycles. The van der Waals surface area contributed by atoms with Gasteiger partial charge in [0.15, 0.2) is 0 Å². The molecule has 0 aliphatic heterocycles. The molecule has 0 bridgehead atoms. The van der Waals surface area contributed by atoms with Gasteiger partial charge in [0.05, 0.1) is 6.61 Å². The number of ether oxygens (including phenoxy) is 1. The van der Waals surface area contributed by atoms with Crippen LogP contribution in [0.3, 0.4) is 0 Å². The van der Waals surface area contributed by atoms with Crippen molar-refractivity contribution in [2.75, 3.05) is 6.61 Å². The van der Waals surface area contributed by atoms with Crippen LogP contribution in [-0.2, 0) is 0 Å². The third kappa shape index (κ3) is 3.41. The highest BCUT2D eigenvalue weighted by Crippen LogP contribution is 2.11. The van der Waals surface area contributed by atoms with Crippen LogP contribution in [-0.4, -0.2) is 22.1 Å². The number of imidazole rings is 1. The van der Waals surface area contributed by atoms with Crippen molar-refractivity contribution in [2.24, 2.45) is 0 Å². The number of rotatable bonds is 5. The fourth-order valence-electron chi connectivity index (χ4n) is 1.48. The zero-order valence-electron chi connectivity index (χ0n) is 9.75. The summed E-state index contributed by atoms with van der Waals surface area (Å²) in [7, 11) is 0. The molecule has 94 valence electrons. The normalized spacial score (nSPS) is 10.3. The van der Waals surface area contributed by atoms with E-state index in [2.05, 4.69) is 4.98 Å². The van der Waals surface area contributed by atoms with E-state index in [1.165, 1.54) is 23.0 Å². The number of carbonyl (C=O) groups excluding carboxylic acids is 1. The fraction of sp³-hybridized carbons (Fsp3) is 0.231. The van der Waals surface area contributed by atoms with Crippen LogP contribution >= 0.6 is 0 Å². The van der Waals surface area contributed by atoms with E-state index < -0.39 is 0 Å². The Balaban J connectivity index is 1.70. The van der Waals surface area contributed by atoms with Crippen LogP contribution in [0, 0.1) is 5.82 Å².